The van der Waals surface area contributed by atoms with Crippen LogP contribution in [0.3, 0.4) is 0 Å². The Morgan fingerprint density at radius 3 is 2.10 bits per heavy atom. The average Bonchev–Trinajstić information content (AvgIpc) is 2.75. The normalized spacial score (nSPS) is 29.9. The first-order chi connectivity index (χ1) is 14.9. The summed E-state index contributed by atoms with van der Waals surface area (Å²) < 4.78 is 10.6. The molecule has 0 spiro atoms. The Labute approximate surface area is 198 Å². The Hall–Kier alpha value is -0.580. The third-order valence-corrected chi connectivity index (χ3v) is 8.55. The zero-order chi connectivity index (χ0) is 22.7. The van der Waals surface area contributed by atoms with E-state index in [1.54, 1.807) is 0 Å². The summed E-state index contributed by atoms with van der Waals surface area (Å²) in [4.78, 5) is 24.9. The summed E-state index contributed by atoms with van der Waals surface area (Å²) in [6.45, 7) is 4.46. The zero-order valence-corrected chi connectivity index (χ0v) is 21.7. The van der Waals surface area contributed by atoms with Crippen molar-refractivity contribution in [3.63, 3.8) is 0 Å². The van der Waals surface area contributed by atoms with Crippen molar-refractivity contribution < 1.29 is 19.1 Å². The van der Waals surface area contributed by atoms with Crippen LogP contribution < -0.4 is 0 Å². The largest absolute Gasteiger partial charge is 0.469 e. The van der Waals surface area contributed by atoms with Gasteiger partial charge in [0.25, 0.3) is 0 Å². The molecule has 2 fully saturated rings. The fourth-order valence-corrected chi connectivity index (χ4v) is 6.51. The van der Waals surface area contributed by atoms with E-state index in [4.69, 9.17) is 9.47 Å². The highest BCUT2D eigenvalue weighted by Crippen LogP contribution is 2.49. The lowest BCUT2D eigenvalue weighted by Gasteiger charge is -2.43. The highest BCUT2D eigenvalue weighted by molar-refractivity contribution is 9.09. The maximum absolute atomic E-state index is 12.7. The average molecular weight is 502 g/mol. The van der Waals surface area contributed by atoms with E-state index in [1.165, 1.54) is 45.6 Å². The lowest BCUT2D eigenvalue weighted by atomic mass is 9.62. The number of unbranched alkanes of at least 4 members (excludes halogenated alkanes) is 2. The lowest BCUT2D eigenvalue weighted by Crippen LogP contribution is -2.36. The Bertz CT molecular complexity index is 534. The van der Waals surface area contributed by atoms with E-state index in [-0.39, 0.29) is 22.4 Å². The molecule has 0 saturated heterocycles. The molecule has 1 unspecified atom stereocenters. The van der Waals surface area contributed by atoms with Crippen molar-refractivity contribution in [1.82, 2.24) is 0 Å². The molecule has 0 N–H and O–H groups in total. The van der Waals surface area contributed by atoms with Gasteiger partial charge in [-0.15, -0.1) is 0 Å². The van der Waals surface area contributed by atoms with Gasteiger partial charge in [0.15, 0.2) is 5.01 Å². The van der Waals surface area contributed by atoms with Gasteiger partial charge < -0.3 is 9.47 Å². The van der Waals surface area contributed by atoms with Crippen LogP contribution in [0.1, 0.15) is 117 Å². The predicted octanol–water partition coefficient (Wildman–Crippen LogP) is 7.57. The van der Waals surface area contributed by atoms with E-state index in [9.17, 15) is 9.59 Å². The van der Waals surface area contributed by atoms with Crippen LogP contribution in [-0.4, -0.2) is 24.1 Å². The molecule has 1 atom stereocenters. The number of hydrogen-bond acceptors (Lipinski definition) is 4. The van der Waals surface area contributed by atoms with Crippen LogP contribution in [0.25, 0.3) is 0 Å². The molecule has 0 heterocycles. The number of rotatable bonds is 12. The molecule has 31 heavy (non-hydrogen) atoms. The molecule has 0 aromatic carbocycles. The van der Waals surface area contributed by atoms with Crippen LogP contribution in [0.15, 0.2) is 0 Å². The van der Waals surface area contributed by atoms with Crippen LogP contribution in [0, 0.1) is 23.2 Å². The van der Waals surface area contributed by atoms with Crippen molar-refractivity contribution >= 4 is 27.9 Å². The van der Waals surface area contributed by atoms with Gasteiger partial charge in [0.2, 0.25) is 0 Å². The lowest BCUT2D eigenvalue weighted by molar-refractivity contribution is -0.152. The number of carbonyl (C=O) groups is 2. The van der Waals surface area contributed by atoms with Gasteiger partial charge in [-0.05, 0) is 90.5 Å². The fourth-order valence-electron chi connectivity index (χ4n) is 5.98. The van der Waals surface area contributed by atoms with Gasteiger partial charge in [-0.3, -0.25) is 9.59 Å². The molecular formula is C26H45BrO4. The highest BCUT2D eigenvalue weighted by atomic mass is 79.9. The molecule has 0 aliphatic heterocycles. The van der Waals surface area contributed by atoms with Gasteiger partial charge in [-0.2, -0.15) is 0 Å². The predicted molar refractivity (Wildman–Crippen MR) is 129 cm³/mol. The number of carbonyl (C=O) groups excluding carboxylic acids is 2. The van der Waals surface area contributed by atoms with Crippen molar-refractivity contribution in [3.8, 4) is 0 Å². The number of alkyl halides is 1. The topological polar surface area (TPSA) is 52.6 Å². The zero-order valence-electron chi connectivity index (χ0n) is 20.1. The highest BCUT2D eigenvalue weighted by Gasteiger charge is 2.42. The van der Waals surface area contributed by atoms with Crippen molar-refractivity contribution in [2.75, 3.05) is 7.11 Å². The van der Waals surface area contributed by atoms with Gasteiger partial charge >= 0.3 is 11.9 Å². The second-order valence-corrected chi connectivity index (χ2v) is 11.3. The summed E-state index contributed by atoms with van der Waals surface area (Å²) in [6.07, 6.45) is 17.2. The number of hydrogen-bond donors (Lipinski definition) is 0. The van der Waals surface area contributed by atoms with Crippen molar-refractivity contribution in [3.05, 3.63) is 0 Å². The second kappa shape index (κ2) is 13.9. The van der Waals surface area contributed by atoms with E-state index in [0.29, 0.717) is 12.8 Å². The fraction of sp³-hybridized carbons (Fsp3) is 0.923. The van der Waals surface area contributed by atoms with Gasteiger partial charge in [0.05, 0.1) is 20.0 Å². The van der Waals surface area contributed by atoms with E-state index in [1.807, 2.05) is 0 Å². The van der Waals surface area contributed by atoms with Crippen molar-refractivity contribution in [1.29, 1.82) is 0 Å². The summed E-state index contributed by atoms with van der Waals surface area (Å²) in [5.74, 6) is 2.14. The smallest absolute Gasteiger partial charge is 0.307 e. The molecule has 2 saturated carbocycles. The minimum Gasteiger partial charge on any atom is -0.469 e. The molecule has 2 rings (SSSR count). The van der Waals surface area contributed by atoms with Crippen LogP contribution in [-0.2, 0) is 19.1 Å². The minimum atomic E-state index is -0.295. The summed E-state index contributed by atoms with van der Waals surface area (Å²) in [7, 11) is 1.44. The maximum atomic E-state index is 12.7. The van der Waals surface area contributed by atoms with Crippen molar-refractivity contribution in [2.24, 2.45) is 23.2 Å². The maximum Gasteiger partial charge on any atom is 0.307 e. The first-order valence-corrected chi connectivity index (χ1v) is 13.7. The molecule has 180 valence electrons. The Morgan fingerprint density at radius 1 is 0.903 bits per heavy atom. The summed E-state index contributed by atoms with van der Waals surface area (Å²) in [5.41, 5.74) is -0.295. The summed E-state index contributed by atoms with van der Waals surface area (Å²) in [6, 6.07) is 0. The molecule has 4 nitrogen and oxygen atoms in total. The number of esters is 2. The Kier molecular flexibility index (Phi) is 11.9. The Balaban J connectivity index is 1.88. The summed E-state index contributed by atoms with van der Waals surface area (Å²) in [5, 5.41) is -0.226. The molecule has 2 aliphatic rings. The molecule has 0 radical (unpaired) electrons. The van der Waals surface area contributed by atoms with Crippen LogP contribution in [0.5, 0.6) is 0 Å². The van der Waals surface area contributed by atoms with Gasteiger partial charge in [-0.1, -0.05) is 52.4 Å². The number of halogens is 1. The molecule has 0 aromatic heterocycles. The first kappa shape index (κ1) is 26.7. The van der Waals surface area contributed by atoms with Crippen molar-refractivity contribution in [2.45, 2.75) is 122 Å². The second-order valence-electron chi connectivity index (χ2n) is 10.2. The summed E-state index contributed by atoms with van der Waals surface area (Å²) >= 11 is 3.50. The SMILES string of the molecule is CCCCCC(Br)OC(=O)CC1(CC(=O)OC)CCC(C2CCC(CCC)CC2)CC1. The molecule has 2 aliphatic carbocycles. The Morgan fingerprint density at radius 2 is 1.52 bits per heavy atom. The molecule has 5 heteroatoms. The monoisotopic (exact) mass is 500 g/mol. The van der Waals surface area contributed by atoms with Crippen LogP contribution in [0.2, 0.25) is 0 Å². The molecule has 0 amide bonds. The quantitative estimate of drug-likeness (QED) is 0.157. The minimum absolute atomic E-state index is 0.180. The van der Waals surface area contributed by atoms with E-state index in [0.717, 1.165) is 69.1 Å². The first-order valence-electron chi connectivity index (χ1n) is 12.8. The van der Waals surface area contributed by atoms with Crippen LogP contribution in [0.4, 0.5) is 0 Å². The van der Waals surface area contributed by atoms with E-state index in [2.05, 4.69) is 29.8 Å². The third kappa shape index (κ3) is 9.06. The number of ether oxygens (including phenoxy) is 2. The number of methoxy groups -OCH3 is 1. The van der Waals surface area contributed by atoms with Gasteiger partial charge in [0, 0.05) is 0 Å². The molecular weight excluding hydrogens is 456 g/mol. The molecule has 0 aromatic rings. The standard InChI is InChI=1S/C26H45BrO4/c1-4-6-7-9-23(27)31-25(29)19-26(18-24(28)30-3)16-14-22(15-17-26)21-12-10-20(8-5-2)11-13-21/h20-23H,4-19H2,1-3H3. The van der Waals surface area contributed by atoms with Gasteiger partial charge in [0.1, 0.15) is 0 Å². The van der Waals surface area contributed by atoms with Gasteiger partial charge in [-0.25, -0.2) is 0 Å². The third-order valence-electron chi connectivity index (χ3n) is 7.91. The molecule has 0 bridgehead atoms. The van der Waals surface area contributed by atoms with E-state index >= 15 is 0 Å². The van der Waals surface area contributed by atoms with E-state index < -0.39 is 0 Å². The van der Waals surface area contributed by atoms with Crippen LogP contribution >= 0.6 is 15.9 Å².